The minimum Gasteiger partial charge on any atom is -0.258 e. The third kappa shape index (κ3) is 3.19. The van der Waals surface area contributed by atoms with Crippen molar-refractivity contribution in [3.05, 3.63) is 39.4 Å². The fourth-order valence-corrected chi connectivity index (χ4v) is 2.67. The van der Waals surface area contributed by atoms with E-state index in [1.54, 1.807) is 12.1 Å². The molecule has 0 radical (unpaired) electrons. The molecule has 1 aromatic carbocycles. The number of rotatable bonds is 4. The monoisotopic (exact) mass is 255 g/mol. The van der Waals surface area contributed by atoms with Gasteiger partial charge in [-0.2, -0.15) is 0 Å². The molecule has 0 heterocycles. The zero-order valence-corrected chi connectivity index (χ0v) is 11.4. The maximum absolute atomic E-state index is 11.0. The summed E-state index contributed by atoms with van der Waals surface area (Å²) in [5, 5.41) is 10.9. The molecule has 2 atom stereocenters. The first-order chi connectivity index (χ1) is 7.84. The molecule has 0 aliphatic heterocycles. The number of halogens is 1. The Balaban J connectivity index is 3.34. The maximum Gasteiger partial charge on any atom is 0.272 e. The van der Waals surface area contributed by atoms with E-state index in [0.29, 0.717) is 0 Å². The fraction of sp³-hybridized carbons (Fsp3) is 0.538. The quantitative estimate of drug-likeness (QED) is 0.458. The van der Waals surface area contributed by atoms with Gasteiger partial charge in [0.25, 0.3) is 5.69 Å². The molecule has 17 heavy (non-hydrogen) atoms. The van der Waals surface area contributed by atoms with E-state index in [1.165, 1.54) is 0 Å². The largest absolute Gasteiger partial charge is 0.272 e. The molecule has 0 amide bonds. The number of benzene rings is 1. The Kier molecular flexibility index (Phi) is 4.52. The number of hydrogen-bond acceptors (Lipinski definition) is 2. The lowest BCUT2D eigenvalue weighted by atomic mass is 9.84. The average Bonchev–Trinajstić information content (AvgIpc) is 2.15. The van der Waals surface area contributed by atoms with Crippen LogP contribution in [-0.2, 0) is 0 Å². The van der Waals surface area contributed by atoms with Gasteiger partial charge in [0.2, 0.25) is 0 Å². The van der Waals surface area contributed by atoms with Gasteiger partial charge in [0.05, 0.1) is 4.92 Å². The molecule has 0 saturated heterocycles. The van der Waals surface area contributed by atoms with Crippen LogP contribution in [0.2, 0.25) is 0 Å². The molecular weight excluding hydrogens is 238 g/mol. The Bertz CT molecular complexity index is 408. The molecule has 0 aromatic heterocycles. The SMILES string of the molecule is Cc1ccc([N+](=O)[O-])c(C(C(C)C)C(C)Cl)c1. The number of nitro groups is 1. The van der Waals surface area contributed by atoms with E-state index in [1.807, 2.05) is 33.8 Å². The molecule has 4 heteroatoms. The molecule has 0 bridgehead atoms. The third-order valence-corrected chi connectivity index (χ3v) is 3.22. The van der Waals surface area contributed by atoms with Gasteiger partial charge in [-0.05, 0) is 25.8 Å². The second kappa shape index (κ2) is 5.50. The van der Waals surface area contributed by atoms with Crippen molar-refractivity contribution in [2.45, 2.75) is 39.0 Å². The second-order valence-electron chi connectivity index (χ2n) is 4.77. The summed E-state index contributed by atoms with van der Waals surface area (Å²) in [5.74, 6) is 0.264. The standard InChI is InChI=1S/C13H18ClNO2/c1-8(2)13(10(4)14)11-7-9(3)5-6-12(11)15(16)17/h5-8,10,13H,1-4H3. The van der Waals surface area contributed by atoms with Crippen molar-refractivity contribution >= 4 is 17.3 Å². The summed E-state index contributed by atoms with van der Waals surface area (Å²) in [6.07, 6.45) is 0. The van der Waals surface area contributed by atoms with Gasteiger partial charge >= 0.3 is 0 Å². The molecule has 1 rings (SSSR count). The van der Waals surface area contributed by atoms with Crippen LogP contribution in [0.25, 0.3) is 0 Å². The summed E-state index contributed by atoms with van der Waals surface area (Å²) < 4.78 is 0. The third-order valence-electron chi connectivity index (χ3n) is 2.95. The first kappa shape index (κ1) is 14.0. The predicted molar refractivity (Wildman–Crippen MR) is 70.7 cm³/mol. The lowest BCUT2D eigenvalue weighted by Crippen LogP contribution is -2.17. The summed E-state index contributed by atoms with van der Waals surface area (Å²) in [4.78, 5) is 10.7. The van der Waals surface area contributed by atoms with Crippen molar-refractivity contribution in [2.24, 2.45) is 5.92 Å². The summed E-state index contributed by atoms with van der Waals surface area (Å²) in [6, 6.07) is 5.21. The smallest absolute Gasteiger partial charge is 0.258 e. The summed E-state index contributed by atoms with van der Waals surface area (Å²) >= 11 is 6.18. The Morgan fingerprint density at radius 3 is 2.29 bits per heavy atom. The summed E-state index contributed by atoms with van der Waals surface area (Å²) in [5.41, 5.74) is 1.93. The van der Waals surface area contributed by atoms with Gasteiger partial charge in [-0.1, -0.05) is 25.5 Å². The maximum atomic E-state index is 11.0. The van der Waals surface area contributed by atoms with E-state index in [4.69, 9.17) is 11.6 Å². The summed E-state index contributed by atoms with van der Waals surface area (Å²) in [6.45, 7) is 7.90. The van der Waals surface area contributed by atoms with E-state index in [-0.39, 0.29) is 27.8 Å². The molecule has 0 aliphatic carbocycles. The first-order valence-corrected chi connectivity index (χ1v) is 6.17. The molecule has 3 nitrogen and oxygen atoms in total. The van der Waals surface area contributed by atoms with E-state index in [9.17, 15) is 10.1 Å². The highest BCUT2D eigenvalue weighted by molar-refractivity contribution is 6.21. The van der Waals surface area contributed by atoms with Gasteiger partial charge in [-0.15, -0.1) is 11.6 Å². The Morgan fingerprint density at radius 1 is 1.29 bits per heavy atom. The van der Waals surface area contributed by atoms with Crippen molar-refractivity contribution in [1.82, 2.24) is 0 Å². The van der Waals surface area contributed by atoms with Crippen LogP contribution in [0.1, 0.15) is 37.8 Å². The van der Waals surface area contributed by atoms with Gasteiger partial charge in [0.15, 0.2) is 0 Å². The van der Waals surface area contributed by atoms with Crippen LogP contribution < -0.4 is 0 Å². The number of aryl methyl sites for hydroxylation is 1. The lowest BCUT2D eigenvalue weighted by molar-refractivity contribution is -0.385. The van der Waals surface area contributed by atoms with Crippen molar-refractivity contribution in [3.8, 4) is 0 Å². The zero-order chi connectivity index (χ0) is 13.2. The minimum atomic E-state index is -0.330. The van der Waals surface area contributed by atoms with Crippen LogP contribution in [0.3, 0.4) is 0 Å². The highest BCUT2D eigenvalue weighted by Crippen LogP contribution is 2.36. The molecule has 0 spiro atoms. The van der Waals surface area contributed by atoms with Gasteiger partial charge in [0, 0.05) is 22.9 Å². The van der Waals surface area contributed by atoms with E-state index in [2.05, 4.69) is 0 Å². The van der Waals surface area contributed by atoms with Crippen LogP contribution in [0.15, 0.2) is 18.2 Å². The first-order valence-electron chi connectivity index (χ1n) is 5.73. The highest BCUT2D eigenvalue weighted by atomic mass is 35.5. The molecule has 2 unspecified atom stereocenters. The van der Waals surface area contributed by atoms with Gasteiger partial charge in [-0.3, -0.25) is 10.1 Å². The van der Waals surface area contributed by atoms with Crippen LogP contribution in [0, 0.1) is 23.0 Å². The second-order valence-corrected chi connectivity index (χ2v) is 5.46. The van der Waals surface area contributed by atoms with Crippen molar-refractivity contribution in [2.75, 3.05) is 0 Å². The Labute approximate surface area is 107 Å². The average molecular weight is 256 g/mol. The molecule has 0 fully saturated rings. The minimum absolute atomic E-state index is 0.00281. The van der Waals surface area contributed by atoms with Crippen molar-refractivity contribution < 1.29 is 4.92 Å². The summed E-state index contributed by atoms with van der Waals surface area (Å²) in [7, 11) is 0. The molecule has 0 N–H and O–H groups in total. The molecular formula is C13H18ClNO2. The molecule has 0 saturated carbocycles. The molecule has 0 aliphatic rings. The van der Waals surface area contributed by atoms with Crippen molar-refractivity contribution in [1.29, 1.82) is 0 Å². The van der Waals surface area contributed by atoms with Crippen LogP contribution in [0.5, 0.6) is 0 Å². The fourth-order valence-electron chi connectivity index (χ4n) is 2.24. The number of alkyl halides is 1. The normalized spacial score (nSPS) is 14.7. The Morgan fingerprint density at radius 2 is 1.88 bits per heavy atom. The predicted octanol–water partition coefficient (Wildman–Crippen LogP) is 4.27. The van der Waals surface area contributed by atoms with Crippen molar-refractivity contribution in [3.63, 3.8) is 0 Å². The van der Waals surface area contributed by atoms with Crippen LogP contribution in [0.4, 0.5) is 5.69 Å². The highest BCUT2D eigenvalue weighted by Gasteiger charge is 2.28. The topological polar surface area (TPSA) is 43.1 Å². The lowest BCUT2D eigenvalue weighted by Gasteiger charge is -2.23. The molecule has 1 aromatic rings. The van der Waals surface area contributed by atoms with E-state index in [0.717, 1.165) is 11.1 Å². The van der Waals surface area contributed by atoms with Gasteiger partial charge in [-0.25, -0.2) is 0 Å². The van der Waals surface area contributed by atoms with E-state index >= 15 is 0 Å². The number of hydrogen-bond donors (Lipinski definition) is 0. The van der Waals surface area contributed by atoms with Gasteiger partial charge < -0.3 is 0 Å². The van der Waals surface area contributed by atoms with Crippen LogP contribution in [-0.4, -0.2) is 10.3 Å². The van der Waals surface area contributed by atoms with Crippen LogP contribution >= 0.6 is 11.6 Å². The number of nitrogens with zero attached hydrogens (tertiary/aromatic N) is 1. The number of nitro benzene ring substituents is 1. The zero-order valence-electron chi connectivity index (χ0n) is 10.6. The van der Waals surface area contributed by atoms with Gasteiger partial charge in [0.1, 0.15) is 0 Å². The Hall–Kier alpha value is -1.09. The molecule has 94 valence electrons. The van der Waals surface area contributed by atoms with E-state index < -0.39 is 0 Å².